The molecule has 0 bridgehead atoms. The molecule has 0 aromatic heterocycles. The molecule has 88 valence electrons. The summed E-state index contributed by atoms with van der Waals surface area (Å²) >= 11 is 6.31. The molecule has 1 aliphatic rings. The number of fused-ring (bicyclic) bond motifs is 1. The average Bonchev–Trinajstić information content (AvgIpc) is 2.38. The average molecular weight is 245 g/mol. The van der Waals surface area contributed by atoms with Crippen molar-refractivity contribution in [1.29, 1.82) is 0 Å². The van der Waals surface area contributed by atoms with Crippen molar-refractivity contribution in [2.45, 2.75) is 37.0 Å². The minimum absolute atomic E-state index is 0.368. The van der Waals surface area contributed by atoms with E-state index in [0.717, 1.165) is 6.42 Å². The molecule has 1 heteroatoms. The van der Waals surface area contributed by atoms with Crippen LogP contribution in [0.5, 0.6) is 0 Å². The lowest BCUT2D eigenvalue weighted by molar-refractivity contribution is 0.451. The fourth-order valence-corrected chi connectivity index (χ4v) is 3.39. The third kappa shape index (κ3) is 2.19. The maximum atomic E-state index is 6.31. The molecule has 0 heterocycles. The van der Waals surface area contributed by atoms with Crippen LogP contribution in [0, 0.1) is 0 Å². The molecule has 2 atom stereocenters. The molecule has 0 N–H and O–H groups in total. The lowest BCUT2D eigenvalue weighted by Gasteiger charge is -2.26. The lowest BCUT2D eigenvalue weighted by Crippen LogP contribution is -2.14. The van der Waals surface area contributed by atoms with Gasteiger partial charge in [-0.25, -0.2) is 0 Å². The second kappa shape index (κ2) is 4.70. The van der Waals surface area contributed by atoms with Crippen LogP contribution in [-0.2, 0) is 0 Å². The Balaban J connectivity index is 2.04. The van der Waals surface area contributed by atoms with Crippen LogP contribution < -0.4 is 0 Å². The Morgan fingerprint density at radius 2 is 1.76 bits per heavy atom. The van der Waals surface area contributed by atoms with Gasteiger partial charge in [-0.05, 0) is 41.5 Å². The summed E-state index contributed by atoms with van der Waals surface area (Å²) in [6.45, 7) is 0. The van der Waals surface area contributed by atoms with Gasteiger partial charge < -0.3 is 0 Å². The highest BCUT2D eigenvalue weighted by Crippen LogP contribution is 2.38. The van der Waals surface area contributed by atoms with Crippen LogP contribution in [0.3, 0.4) is 0 Å². The van der Waals surface area contributed by atoms with E-state index in [1.807, 2.05) is 0 Å². The van der Waals surface area contributed by atoms with Gasteiger partial charge in [0, 0.05) is 5.38 Å². The molecule has 1 fully saturated rings. The number of hydrogen-bond donors (Lipinski definition) is 0. The molecule has 2 aromatic carbocycles. The summed E-state index contributed by atoms with van der Waals surface area (Å²) in [4.78, 5) is 0. The molecule has 0 radical (unpaired) electrons. The normalized spacial score (nSPS) is 25.0. The van der Waals surface area contributed by atoms with Crippen LogP contribution in [0.4, 0.5) is 0 Å². The Morgan fingerprint density at radius 1 is 0.941 bits per heavy atom. The van der Waals surface area contributed by atoms with Gasteiger partial charge in [-0.3, -0.25) is 0 Å². The van der Waals surface area contributed by atoms with Crippen LogP contribution in [0.2, 0.25) is 0 Å². The van der Waals surface area contributed by atoms with Crippen LogP contribution in [0.1, 0.15) is 37.2 Å². The fourth-order valence-electron chi connectivity index (χ4n) is 3.02. The van der Waals surface area contributed by atoms with E-state index >= 15 is 0 Å². The number of benzene rings is 2. The third-order valence-electron chi connectivity index (χ3n) is 3.87. The zero-order valence-corrected chi connectivity index (χ0v) is 10.7. The first kappa shape index (κ1) is 11.1. The molecule has 0 aliphatic heterocycles. The van der Waals surface area contributed by atoms with Crippen molar-refractivity contribution in [1.82, 2.24) is 0 Å². The number of alkyl halides is 1. The highest BCUT2D eigenvalue weighted by atomic mass is 35.5. The highest BCUT2D eigenvalue weighted by Gasteiger charge is 2.22. The van der Waals surface area contributed by atoms with Gasteiger partial charge >= 0.3 is 0 Å². The van der Waals surface area contributed by atoms with E-state index in [9.17, 15) is 0 Å². The number of hydrogen-bond acceptors (Lipinski definition) is 0. The summed E-state index contributed by atoms with van der Waals surface area (Å²) in [7, 11) is 0. The Labute approximate surface area is 108 Å². The first-order valence-corrected chi connectivity index (χ1v) is 6.90. The monoisotopic (exact) mass is 244 g/mol. The van der Waals surface area contributed by atoms with Gasteiger partial charge in [-0.15, -0.1) is 11.6 Å². The van der Waals surface area contributed by atoms with E-state index in [1.54, 1.807) is 0 Å². The van der Waals surface area contributed by atoms with Gasteiger partial charge in [-0.1, -0.05) is 48.9 Å². The number of rotatable bonds is 1. The quantitative estimate of drug-likeness (QED) is 0.612. The van der Waals surface area contributed by atoms with Gasteiger partial charge in [0.2, 0.25) is 0 Å². The molecule has 3 rings (SSSR count). The van der Waals surface area contributed by atoms with Crippen LogP contribution in [-0.4, -0.2) is 5.38 Å². The Kier molecular flexibility index (Phi) is 3.07. The molecule has 1 aliphatic carbocycles. The molecular weight excluding hydrogens is 228 g/mol. The zero-order chi connectivity index (χ0) is 11.7. The standard InChI is InChI=1S/C16H17Cl/c17-14-8-3-7-13(11-14)16-10-4-6-12-5-1-2-9-15(12)16/h1-2,4-6,9-10,13-14H,3,7-8,11H2. The van der Waals surface area contributed by atoms with Gasteiger partial charge in [-0.2, -0.15) is 0 Å². The summed E-state index contributed by atoms with van der Waals surface area (Å²) in [6, 6.07) is 15.3. The predicted octanol–water partition coefficient (Wildman–Crippen LogP) is 5.10. The van der Waals surface area contributed by atoms with Crippen molar-refractivity contribution in [3.8, 4) is 0 Å². The molecular formula is C16H17Cl. The maximum absolute atomic E-state index is 6.31. The van der Waals surface area contributed by atoms with E-state index in [4.69, 9.17) is 11.6 Å². The Hall–Kier alpha value is -1.01. The summed E-state index contributed by atoms with van der Waals surface area (Å²) in [5.41, 5.74) is 1.49. The molecule has 1 saturated carbocycles. The molecule has 2 unspecified atom stereocenters. The van der Waals surface area contributed by atoms with Crippen molar-refractivity contribution in [3.63, 3.8) is 0 Å². The molecule has 0 nitrogen and oxygen atoms in total. The van der Waals surface area contributed by atoms with E-state index in [1.165, 1.54) is 35.6 Å². The topological polar surface area (TPSA) is 0 Å². The van der Waals surface area contributed by atoms with Crippen molar-refractivity contribution >= 4 is 22.4 Å². The Morgan fingerprint density at radius 3 is 2.65 bits per heavy atom. The second-order valence-corrected chi connectivity index (χ2v) is 5.65. The largest absolute Gasteiger partial charge is 0.123 e. The SMILES string of the molecule is ClC1CCCC(c2cccc3ccccc23)C1. The summed E-state index contributed by atoms with van der Waals surface area (Å²) in [6.07, 6.45) is 4.87. The molecule has 2 aromatic rings. The van der Waals surface area contributed by atoms with Crippen molar-refractivity contribution < 1.29 is 0 Å². The lowest BCUT2D eigenvalue weighted by atomic mass is 9.82. The molecule has 0 saturated heterocycles. The van der Waals surface area contributed by atoms with Gasteiger partial charge in [0.05, 0.1) is 0 Å². The Bertz CT molecular complexity index is 512. The van der Waals surface area contributed by atoms with Crippen LogP contribution >= 0.6 is 11.6 Å². The number of halogens is 1. The molecule has 17 heavy (non-hydrogen) atoms. The minimum atomic E-state index is 0.368. The van der Waals surface area contributed by atoms with Gasteiger partial charge in [0.1, 0.15) is 0 Å². The van der Waals surface area contributed by atoms with Gasteiger partial charge in [0.15, 0.2) is 0 Å². The minimum Gasteiger partial charge on any atom is -0.123 e. The first-order chi connectivity index (χ1) is 8.34. The van der Waals surface area contributed by atoms with Gasteiger partial charge in [0.25, 0.3) is 0 Å². The van der Waals surface area contributed by atoms with Crippen molar-refractivity contribution in [2.75, 3.05) is 0 Å². The summed E-state index contributed by atoms with van der Waals surface area (Å²) in [5.74, 6) is 0.650. The first-order valence-electron chi connectivity index (χ1n) is 6.46. The van der Waals surface area contributed by atoms with Crippen molar-refractivity contribution in [3.05, 3.63) is 48.0 Å². The predicted molar refractivity (Wildman–Crippen MR) is 74.8 cm³/mol. The van der Waals surface area contributed by atoms with E-state index < -0.39 is 0 Å². The summed E-state index contributed by atoms with van der Waals surface area (Å²) < 4.78 is 0. The van der Waals surface area contributed by atoms with E-state index in [2.05, 4.69) is 42.5 Å². The molecule has 0 spiro atoms. The van der Waals surface area contributed by atoms with E-state index in [0.29, 0.717) is 11.3 Å². The zero-order valence-electron chi connectivity index (χ0n) is 9.90. The third-order valence-corrected chi connectivity index (χ3v) is 4.27. The fraction of sp³-hybridized carbons (Fsp3) is 0.375. The molecule has 0 amide bonds. The summed E-state index contributed by atoms with van der Waals surface area (Å²) in [5, 5.41) is 3.13. The van der Waals surface area contributed by atoms with Crippen LogP contribution in [0.25, 0.3) is 10.8 Å². The highest BCUT2D eigenvalue weighted by molar-refractivity contribution is 6.20. The second-order valence-electron chi connectivity index (χ2n) is 5.03. The van der Waals surface area contributed by atoms with Crippen molar-refractivity contribution in [2.24, 2.45) is 0 Å². The maximum Gasteiger partial charge on any atom is 0.0341 e. The van der Waals surface area contributed by atoms with E-state index in [-0.39, 0.29) is 0 Å². The van der Waals surface area contributed by atoms with Crippen LogP contribution in [0.15, 0.2) is 42.5 Å². The smallest absolute Gasteiger partial charge is 0.0341 e.